The number of hydrogen-bond donors (Lipinski definition) is 0. The van der Waals surface area contributed by atoms with E-state index in [0.717, 1.165) is 37.2 Å². The van der Waals surface area contributed by atoms with Crippen LogP contribution in [0.3, 0.4) is 0 Å². The van der Waals surface area contributed by atoms with E-state index in [4.69, 9.17) is 4.74 Å². The number of hydrogen-bond acceptors (Lipinski definition) is 2. The standard InChI is InChI=1S/C13H16FNO/c1-16-12-6-4-11(5-7-12)13(10-14)15-8-2-3-9-15/h4-7,10H,2-3,8-9H2,1H3/b13-10+. The van der Waals surface area contributed by atoms with Crippen molar-refractivity contribution >= 4 is 5.70 Å². The quantitative estimate of drug-likeness (QED) is 0.777. The molecule has 1 aliphatic rings. The van der Waals surface area contributed by atoms with Gasteiger partial charge in [0, 0.05) is 18.7 Å². The number of rotatable bonds is 3. The average molecular weight is 221 g/mol. The fourth-order valence-corrected chi connectivity index (χ4v) is 2.03. The zero-order valence-electron chi connectivity index (χ0n) is 9.45. The smallest absolute Gasteiger partial charge is 0.118 e. The van der Waals surface area contributed by atoms with Gasteiger partial charge in [0.1, 0.15) is 12.1 Å². The second-order valence-corrected chi connectivity index (χ2v) is 3.92. The second-order valence-electron chi connectivity index (χ2n) is 3.92. The lowest BCUT2D eigenvalue weighted by Gasteiger charge is -2.20. The zero-order valence-corrected chi connectivity index (χ0v) is 9.45. The summed E-state index contributed by atoms with van der Waals surface area (Å²) in [5, 5.41) is 0. The van der Waals surface area contributed by atoms with E-state index in [2.05, 4.69) is 4.90 Å². The van der Waals surface area contributed by atoms with Gasteiger partial charge in [-0.25, -0.2) is 4.39 Å². The van der Waals surface area contributed by atoms with Crippen molar-refractivity contribution in [3.8, 4) is 5.75 Å². The molecular formula is C13H16FNO. The molecule has 1 saturated heterocycles. The Morgan fingerprint density at radius 1 is 1.25 bits per heavy atom. The van der Waals surface area contributed by atoms with Crippen molar-refractivity contribution in [2.24, 2.45) is 0 Å². The van der Waals surface area contributed by atoms with Crippen molar-refractivity contribution in [1.82, 2.24) is 4.90 Å². The van der Waals surface area contributed by atoms with E-state index in [0.29, 0.717) is 12.0 Å². The van der Waals surface area contributed by atoms with Gasteiger partial charge >= 0.3 is 0 Å². The summed E-state index contributed by atoms with van der Waals surface area (Å²) in [7, 11) is 1.63. The first kappa shape index (κ1) is 11.0. The van der Waals surface area contributed by atoms with Crippen molar-refractivity contribution in [3.05, 3.63) is 36.2 Å². The number of nitrogens with zero attached hydrogens (tertiary/aromatic N) is 1. The number of ether oxygens (including phenoxy) is 1. The highest BCUT2D eigenvalue weighted by Crippen LogP contribution is 2.25. The summed E-state index contributed by atoms with van der Waals surface area (Å²) in [6.45, 7) is 1.89. The Morgan fingerprint density at radius 3 is 2.38 bits per heavy atom. The van der Waals surface area contributed by atoms with Crippen LogP contribution in [0.4, 0.5) is 4.39 Å². The predicted octanol–water partition coefficient (Wildman–Crippen LogP) is 3.06. The lowest BCUT2D eigenvalue weighted by molar-refractivity contribution is 0.414. The molecule has 3 heteroatoms. The summed E-state index contributed by atoms with van der Waals surface area (Å²) < 4.78 is 18.0. The normalized spacial score (nSPS) is 16.6. The molecule has 0 aromatic heterocycles. The van der Waals surface area contributed by atoms with E-state index in [1.807, 2.05) is 24.3 Å². The fourth-order valence-electron chi connectivity index (χ4n) is 2.03. The average Bonchev–Trinajstić information content (AvgIpc) is 2.85. The van der Waals surface area contributed by atoms with Gasteiger partial charge in [0.05, 0.1) is 12.8 Å². The first-order valence-electron chi connectivity index (χ1n) is 5.55. The number of likely N-dealkylation sites (tertiary alicyclic amines) is 1. The minimum atomic E-state index is 0.681. The maximum absolute atomic E-state index is 12.9. The van der Waals surface area contributed by atoms with Crippen LogP contribution in [0.15, 0.2) is 30.6 Å². The van der Waals surface area contributed by atoms with Crippen molar-refractivity contribution in [2.45, 2.75) is 12.8 Å². The molecule has 0 amide bonds. The molecule has 0 radical (unpaired) electrons. The van der Waals surface area contributed by atoms with Crippen LogP contribution in [-0.4, -0.2) is 25.1 Å². The Bertz CT molecular complexity index is 366. The van der Waals surface area contributed by atoms with Crippen molar-refractivity contribution in [2.75, 3.05) is 20.2 Å². The molecule has 0 atom stereocenters. The molecule has 1 aromatic carbocycles. The summed E-state index contributed by atoms with van der Waals surface area (Å²) in [6, 6.07) is 7.49. The fraction of sp³-hybridized carbons (Fsp3) is 0.385. The Kier molecular flexibility index (Phi) is 3.44. The SMILES string of the molecule is COc1ccc(/C(=C\F)N2CCCC2)cc1. The summed E-state index contributed by atoms with van der Waals surface area (Å²) in [5.74, 6) is 0.795. The topological polar surface area (TPSA) is 12.5 Å². The summed E-state index contributed by atoms with van der Waals surface area (Å²) in [6.07, 6.45) is 2.99. The van der Waals surface area contributed by atoms with Crippen molar-refractivity contribution < 1.29 is 9.13 Å². The third kappa shape index (κ3) is 2.18. The molecule has 0 saturated carbocycles. The van der Waals surface area contributed by atoms with Crippen LogP contribution < -0.4 is 4.74 Å². The van der Waals surface area contributed by atoms with Gasteiger partial charge in [0.25, 0.3) is 0 Å². The molecule has 1 heterocycles. The molecule has 1 fully saturated rings. The predicted molar refractivity (Wildman–Crippen MR) is 62.9 cm³/mol. The van der Waals surface area contributed by atoms with Gasteiger partial charge in [-0.15, -0.1) is 0 Å². The van der Waals surface area contributed by atoms with Crippen LogP contribution in [0, 0.1) is 0 Å². The van der Waals surface area contributed by atoms with Crippen LogP contribution in [-0.2, 0) is 0 Å². The van der Waals surface area contributed by atoms with Gasteiger partial charge in [-0.1, -0.05) is 0 Å². The highest BCUT2D eigenvalue weighted by Gasteiger charge is 2.16. The molecular weight excluding hydrogens is 205 g/mol. The van der Waals surface area contributed by atoms with E-state index in [1.54, 1.807) is 7.11 Å². The third-order valence-electron chi connectivity index (χ3n) is 2.94. The first-order valence-corrected chi connectivity index (χ1v) is 5.55. The second kappa shape index (κ2) is 5.01. The minimum absolute atomic E-state index is 0.681. The number of benzene rings is 1. The van der Waals surface area contributed by atoms with Crippen LogP contribution in [0.1, 0.15) is 18.4 Å². The highest BCUT2D eigenvalue weighted by molar-refractivity contribution is 5.64. The summed E-state index contributed by atoms with van der Waals surface area (Å²) >= 11 is 0. The van der Waals surface area contributed by atoms with Gasteiger partial charge in [0.15, 0.2) is 0 Å². The molecule has 2 nitrogen and oxygen atoms in total. The van der Waals surface area contributed by atoms with Gasteiger partial charge < -0.3 is 9.64 Å². The Morgan fingerprint density at radius 2 is 1.88 bits per heavy atom. The monoisotopic (exact) mass is 221 g/mol. The van der Waals surface area contributed by atoms with Crippen molar-refractivity contribution in [3.63, 3.8) is 0 Å². The van der Waals surface area contributed by atoms with Crippen molar-refractivity contribution in [1.29, 1.82) is 0 Å². The molecule has 1 aromatic rings. The van der Waals surface area contributed by atoms with Gasteiger partial charge in [-0.05, 0) is 37.1 Å². The number of halogens is 1. The van der Waals surface area contributed by atoms with Gasteiger partial charge in [-0.2, -0.15) is 0 Å². The molecule has 86 valence electrons. The molecule has 2 rings (SSSR count). The Hall–Kier alpha value is -1.51. The summed E-state index contributed by atoms with van der Waals surface area (Å²) in [5.41, 5.74) is 1.59. The zero-order chi connectivity index (χ0) is 11.4. The first-order chi connectivity index (χ1) is 7.85. The van der Waals surface area contributed by atoms with E-state index in [1.165, 1.54) is 0 Å². The highest BCUT2D eigenvalue weighted by atomic mass is 19.1. The maximum atomic E-state index is 12.9. The largest absolute Gasteiger partial charge is 0.497 e. The molecule has 0 spiro atoms. The molecule has 0 unspecified atom stereocenters. The minimum Gasteiger partial charge on any atom is -0.497 e. The van der Waals surface area contributed by atoms with Gasteiger partial charge in [0.2, 0.25) is 0 Å². The maximum Gasteiger partial charge on any atom is 0.118 e. The molecule has 0 N–H and O–H groups in total. The van der Waals surface area contributed by atoms with E-state index in [9.17, 15) is 4.39 Å². The van der Waals surface area contributed by atoms with Gasteiger partial charge in [-0.3, -0.25) is 0 Å². The molecule has 0 aliphatic carbocycles. The van der Waals surface area contributed by atoms with Crippen LogP contribution in [0.5, 0.6) is 5.75 Å². The van der Waals surface area contributed by atoms with E-state index >= 15 is 0 Å². The number of methoxy groups -OCH3 is 1. The van der Waals surface area contributed by atoms with E-state index < -0.39 is 0 Å². The van der Waals surface area contributed by atoms with E-state index in [-0.39, 0.29) is 0 Å². The Balaban J connectivity index is 2.19. The molecule has 16 heavy (non-hydrogen) atoms. The third-order valence-corrected chi connectivity index (χ3v) is 2.94. The molecule has 1 aliphatic heterocycles. The summed E-state index contributed by atoms with van der Waals surface area (Å²) in [4.78, 5) is 2.09. The van der Waals surface area contributed by atoms with Crippen LogP contribution in [0.25, 0.3) is 5.70 Å². The Labute approximate surface area is 95.3 Å². The lowest BCUT2D eigenvalue weighted by atomic mass is 10.1. The lowest BCUT2D eigenvalue weighted by Crippen LogP contribution is -2.17. The molecule has 0 bridgehead atoms. The van der Waals surface area contributed by atoms with Crippen LogP contribution in [0.2, 0.25) is 0 Å². The van der Waals surface area contributed by atoms with Crippen LogP contribution >= 0.6 is 0 Å².